The van der Waals surface area contributed by atoms with E-state index in [0.29, 0.717) is 12.1 Å². The Labute approximate surface area is 210 Å². The van der Waals surface area contributed by atoms with Gasteiger partial charge in [0, 0.05) is 32.7 Å². The molecule has 192 valence electrons. The number of hydrogen-bond donors (Lipinski definition) is 1. The number of benzene rings is 2. The number of rotatable bonds is 7. The number of aliphatic hydroxyl groups excluding tert-OH is 1. The van der Waals surface area contributed by atoms with Crippen LogP contribution in [0.15, 0.2) is 59.0 Å². The minimum Gasteiger partial charge on any atom is -0.507 e. The average molecular weight is 516 g/mol. The van der Waals surface area contributed by atoms with Gasteiger partial charge in [0.1, 0.15) is 11.6 Å². The lowest BCUT2D eigenvalue weighted by Crippen LogP contribution is -2.39. The monoisotopic (exact) mass is 515 g/mol. The fourth-order valence-corrected chi connectivity index (χ4v) is 5.59. The molecule has 2 aromatic rings. The predicted molar refractivity (Wildman–Crippen MR) is 133 cm³/mol. The third kappa shape index (κ3) is 5.07. The van der Waals surface area contributed by atoms with Crippen LogP contribution in [0.2, 0.25) is 0 Å². The number of amides is 1. The fraction of sp³-hybridized carbons (Fsp3) is 0.385. The summed E-state index contributed by atoms with van der Waals surface area (Å²) in [5.74, 6) is -2.42. The van der Waals surface area contributed by atoms with E-state index in [0.717, 1.165) is 30.2 Å². The van der Waals surface area contributed by atoms with Gasteiger partial charge in [0.2, 0.25) is 10.0 Å². The van der Waals surface area contributed by atoms with Crippen LogP contribution < -0.4 is 0 Å². The molecule has 1 atom stereocenters. The first-order chi connectivity index (χ1) is 17.1. The van der Waals surface area contributed by atoms with Crippen molar-refractivity contribution >= 4 is 27.5 Å². The van der Waals surface area contributed by atoms with E-state index in [1.807, 2.05) is 0 Å². The lowest BCUT2D eigenvalue weighted by atomic mass is 9.95. The van der Waals surface area contributed by atoms with Crippen molar-refractivity contribution in [1.29, 1.82) is 0 Å². The number of hydrogen-bond acceptors (Lipinski definition) is 6. The Morgan fingerprint density at radius 3 is 2.17 bits per heavy atom. The Morgan fingerprint density at radius 2 is 1.58 bits per heavy atom. The van der Waals surface area contributed by atoms with Crippen LogP contribution in [0.5, 0.6) is 0 Å². The summed E-state index contributed by atoms with van der Waals surface area (Å²) in [5.41, 5.74) is 0.602. The molecule has 0 bridgehead atoms. The molecule has 2 saturated heterocycles. The van der Waals surface area contributed by atoms with E-state index in [-0.39, 0.29) is 22.6 Å². The molecule has 2 heterocycles. The molecule has 10 heteroatoms. The summed E-state index contributed by atoms with van der Waals surface area (Å²) in [5, 5.41) is 11.2. The summed E-state index contributed by atoms with van der Waals surface area (Å²) in [6.07, 6.45) is 3.34. The number of likely N-dealkylation sites (tertiary alicyclic amines) is 2. The van der Waals surface area contributed by atoms with Crippen molar-refractivity contribution in [3.8, 4) is 0 Å². The van der Waals surface area contributed by atoms with Crippen molar-refractivity contribution in [1.82, 2.24) is 14.1 Å². The van der Waals surface area contributed by atoms with Gasteiger partial charge in [-0.3, -0.25) is 9.59 Å². The Bertz CT molecular complexity index is 1270. The molecule has 0 radical (unpaired) electrons. The van der Waals surface area contributed by atoms with E-state index >= 15 is 0 Å². The van der Waals surface area contributed by atoms with Gasteiger partial charge in [0.25, 0.3) is 11.7 Å². The first kappa shape index (κ1) is 26.0. The van der Waals surface area contributed by atoms with Gasteiger partial charge in [-0.2, -0.15) is 0 Å². The zero-order valence-electron chi connectivity index (χ0n) is 20.4. The zero-order valence-corrected chi connectivity index (χ0v) is 21.2. The smallest absolute Gasteiger partial charge is 0.295 e. The van der Waals surface area contributed by atoms with E-state index in [4.69, 9.17) is 0 Å². The minimum absolute atomic E-state index is 0.0288. The molecular formula is C26H30FN3O5S. The first-order valence-corrected chi connectivity index (χ1v) is 13.3. The summed E-state index contributed by atoms with van der Waals surface area (Å²) in [6.45, 7) is 2.71. The van der Waals surface area contributed by atoms with Gasteiger partial charge in [-0.1, -0.05) is 18.6 Å². The summed E-state index contributed by atoms with van der Waals surface area (Å²) in [6, 6.07) is 10.1. The highest BCUT2D eigenvalue weighted by Crippen LogP contribution is 2.39. The van der Waals surface area contributed by atoms with Crippen LogP contribution in [0.4, 0.5) is 4.39 Å². The van der Waals surface area contributed by atoms with Gasteiger partial charge in [0.05, 0.1) is 16.5 Å². The molecule has 0 aliphatic carbocycles. The number of carbonyl (C=O) groups is 2. The molecule has 2 fully saturated rings. The highest BCUT2D eigenvalue weighted by atomic mass is 32.2. The highest BCUT2D eigenvalue weighted by Gasteiger charge is 2.46. The first-order valence-electron chi connectivity index (χ1n) is 11.9. The summed E-state index contributed by atoms with van der Waals surface area (Å²) < 4.78 is 39.5. The average Bonchev–Trinajstić information content (AvgIpc) is 3.13. The van der Waals surface area contributed by atoms with Crippen molar-refractivity contribution < 1.29 is 27.5 Å². The molecule has 2 aliphatic heterocycles. The lowest BCUT2D eigenvalue weighted by Gasteiger charge is -2.31. The molecule has 2 aliphatic rings. The van der Waals surface area contributed by atoms with Gasteiger partial charge in [-0.25, -0.2) is 17.1 Å². The maximum atomic E-state index is 13.7. The predicted octanol–water partition coefficient (Wildman–Crippen LogP) is 2.98. The van der Waals surface area contributed by atoms with Crippen molar-refractivity contribution in [3.05, 3.63) is 71.0 Å². The van der Waals surface area contributed by atoms with Crippen LogP contribution in [-0.2, 0) is 19.6 Å². The van der Waals surface area contributed by atoms with Gasteiger partial charge in [-0.15, -0.1) is 0 Å². The fourth-order valence-electron chi connectivity index (χ4n) is 4.69. The topological polar surface area (TPSA) is 98.2 Å². The Hall–Kier alpha value is -3.08. The zero-order chi connectivity index (χ0) is 26.0. The number of Topliss-reactive ketones (excluding diaryl/α,β-unsaturated/α-hetero) is 1. The van der Waals surface area contributed by atoms with Gasteiger partial charge >= 0.3 is 0 Å². The van der Waals surface area contributed by atoms with Crippen LogP contribution >= 0.6 is 0 Å². The molecule has 1 amide bonds. The number of piperidine rings is 1. The molecule has 0 unspecified atom stereocenters. The van der Waals surface area contributed by atoms with E-state index in [9.17, 15) is 27.5 Å². The maximum absolute atomic E-state index is 13.7. The Balaban J connectivity index is 1.72. The Morgan fingerprint density at radius 1 is 0.972 bits per heavy atom. The van der Waals surface area contributed by atoms with Gasteiger partial charge in [0.15, 0.2) is 0 Å². The van der Waals surface area contributed by atoms with Crippen molar-refractivity contribution in [2.45, 2.75) is 30.2 Å². The molecule has 8 nitrogen and oxygen atoms in total. The number of aliphatic hydroxyl groups is 1. The molecule has 0 aromatic heterocycles. The normalized spacial score (nSPS) is 20.9. The van der Waals surface area contributed by atoms with Gasteiger partial charge < -0.3 is 14.9 Å². The molecule has 1 N–H and O–H groups in total. The van der Waals surface area contributed by atoms with Crippen LogP contribution in [0.1, 0.15) is 36.4 Å². The quantitative estimate of drug-likeness (QED) is 0.346. The van der Waals surface area contributed by atoms with Gasteiger partial charge in [-0.05, 0) is 67.9 Å². The van der Waals surface area contributed by atoms with E-state index < -0.39 is 39.3 Å². The second-order valence-electron chi connectivity index (χ2n) is 9.26. The number of halogens is 1. The number of ketones is 1. The second-order valence-corrected chi connectivity index (χ2v) is 11.4. The maximum Gasteiger partial charge on any atom is 0.295 e. The largest absolute Gasteiger partial charge is 0.507 e. The van der Waals surface area contributed by atoms with Crippen LogP contribution in [0.25, 0.3) is 5.76 Å². The van der Waals surface area contributed by atoms with Crippen LogP contribution in [0.3, 0.4) is 0 Å². The second kappa shape index (κ2) is 10.5. The minimum atomic E-state index is -3.68. The number of nitrogens with zero attached hydrogens (tertiary/aromatic N) is 3. The van der Waals surface area contributed by atoms with Crippen molar-refractivity contribution in [2.24, 2.45) is 0 Å². The third-order valence-electron chi connectivity index (χ3n) is 6.74. The van der Waals surface area contributed by atoms with Crippen molar-refractivity contribution in [2.75, 3.05) is 40.3 Å². The standard InChI is InChI=1S/C26H30FN3O5S/c1-28(2)36(34,35)21-12-8-19(9-13-21)24(31)22-23(18-6-10-20(27)11-7-18)30(26(33)25(22)32)17-16-29-14-4-3-5-15-29/h6-13,23,31H,3-5,14-17H2,1-2H3/t23-/m0/s1. The molecule has 2 aromatic carbocycles. The summed E-state index contributed by atoms with van der Waals surface area (Å²) in [4.78, 5) is 29.9. The molecule has 36 heavy (non-hydrogen) atoms. The molecule has 0 spiro atoms. The summed E-state index contributed by atoms with van der Waals surface area (Å²) >= 11 is 0. The Kier molecular flexibility index (Phi) is 7.58. The molecule has 0 saturated carbocycles. The van der Waals surface area contributed by atoms with E-state index in [1.54, 1.807) is 0 Å². The summed E-state index contributed by atoms with van der Waals surface area (Å²) in [7, 11) is -0.849. The number of carbonyl (C=O) groups excluding carboxylic acids is 2. The van der Waals surface area contributed by atoms with Crippen LogP contribution in [0, 0.1) is 5.82 Å². The van der Waals surface area contributed by atoms with Crippen molar-refractivity contribution in [3.63, 3.8) is 0 Å². The lowest BCUT2D eigenvalue weighted by molar-refractivity contribution is -0.140. The SMILES string of the molecule is CN(C)S(=O)(=O)c1ccc(C(O)=C2C(=O)C(=O)N(CCN3CCCCC3)[C@H]2c2ccc(F)cc2)cc1. The van der Waals surface area contributed by atoms with E-state index in [1.165, 1.54) is 73.9 Å². The van der Waals surface area contributed by atoms with E-state index in [2.05, 4.69) is 4.90 Å². The third-order valence-corrected chi connectivity index (χ3v) is 8.57. The van der Waals surface area contributed by atoms with Crippen LogP contribution in [-0.4, -0.2) is 79.6 Å². The highest BCUT2D eigenvalue weighted by molar-refractivity contribution is 7.89. The number of sulfonamides is 1. The molecule has 4 rings (SSSR count). The molecular weight excluding hydrogens is 485 g/mol.